The number of nitrogens with zero attached hydrogens (tertiary/aromatic N) is 1. The van der Waals surface area contributed by atoms with Crippen LogP contribution in [0.3, 0.4) is 0 Å². The number of nitrogens with two attached hydrogens (primary N) is 1. The number of likely N-dealkylation sites (N-methyl/N-ethyl adjacent to an activating group) is 1. The minimum atomic E-state index is -0.505. The Labute approximate surface area is 113 Å². The van der Waals surface area contributed by atoms with Crippen molar-refractivity contribution in [3.8, 4) is 0 Å². The van der Waals surface area contributed by atoms with E-state index in [0.29, 0.717) is 12.1 Å². The van der Waals surface area contributed by atoms with Crippen LogP contribution in [0.25, 0.3) is 0 Å². The van der Waals surface area contributed by atoms with Crippen LogP contribution in [-0.4, -0.2) is 36.3 Å². The molecule has 0 heterocycles. The Morgan fingerprint density at radius 3 is 2.53 bits per heavy atom. The second kappa shape index (κ2) is 7.41. The van der Waals surface area contributed by atoms with Crippen molar-refractivity contribution in [1.82, 2.24) is 4.90 Å². The highest BCUT2D eigenvalue weighted by Gasteiger charge is 2.18. The van der Waals surface area contributed by atoms with Crippen molar-refractivity contribution in [1.29, 1.82) is 0 Å². The molecule has 19 heavy (non-hydrogen) atoms. The van der Waals surface area contributed by atoms with Crippen LogP contribution in [0, 0.1) is 0 Å². The molecule has 0 aliphatic rings. The first-order valence-electron chi connectivity index (χ1n) is 6.50. The van der Waals surface area contributed by atoms with E-state index in [1.807, 2.05) is 25.1 Å². The summed E-state index contributed by atoms with van der Waals surface area (Å²) in [6, 6.07) is 7.30. The molecule has 0 saturated carbocycles. The van der Waals surface area contributed by atoms with E-state index < -0.39 is 5.91 Å². The van der Waals surface area contributed by atoms with Gasteiger partial charge in [0, 0.05) is 18.8 Å². The Balaban J connectivity index is 2.93. The first-order valence-corrected chi connectivity index (χ1v) is 6.50. The minimum Gasteiger partial charge on any atom is -0.384 e. The number of hydrogen-bond acceptors (Lipinski definition) is 3. The fourth-order valence-corrected chi connectivity index (χ4v) is 1.77. The highest BCUT2D eigenvalue weighted by atomic mass is 16.2. The molecule has 1 aromatic rings. The first kappa shape index (κ1) is 15.0. The van der Waals surface area contributed by atoms with Crippen LogP contribution in [0.5, 0.6) is 0 Å². The summed E-state index contributed by atoms with van der Waals surface area (Å²) in [5.41, 5.74) is 6.51. The molecule has 0 aliphatic heterocycles. The van der Waals surface area contributed by atoms with E-state index >= 15 is 0 Å². The van der Waals surface area contributed by atoms with E-state index in [9.17, 15) is 9.59 Å². The minimum absolute atomic E-state index is 0.0581. The highest BCUT2D eigenvalue weighted by molar-refractivity contribution is 6.01. The molecule has 5 heteroatoms. The molecule has 0 saturated heterocycles. The van der Waals surface area contributed by atoms with Crippen LogP contribution < -0.4 is 11.1 Å². The van der Waals surface area contributed by atoms with E-state index in [1.54, 1.807) is 6.07 Å². The van der Waals surface area contributed by atoms with Gasteiger partial charge in [-0.2, -0.15) is 0 Å². The lowest BCUT2D eigenvalue weighted by Gasteiger charge is -2.21. The smallest absolute Gasteiger partial charge is 0.256 e. The molecule has 2 amide bonds. The van der Waals surface area contributed by atoms with Gasteiger partial charge in [-0.05, 0) is 25.5 Å². The maximum Gasteiger partial charge on any atom is 0.256 e. The number of amides is 2. The molecule has 1 rings (SSSR count). The second-order valence-corrected chi connectivity index (χ2v) is 4.26. The van der Waals surface area contributed by atoms with E-state index in [-0.39, 0.29) is 12.5 Å². The van der Waals surface area contributed by atoms with Crippen LogP contribution in [0.1, 0.15) is 30.6 Å². The Hall–Kier alpha value is -2.04. The molecule has 0 bridgehead atoms. The van der Waals surface area contributed by atoms with Crippen molar-refractivity contribution in [2.24, 2.45) is 5.73 Å². The lowest BCUT2D eigenvalue weighted by atomic mass is 10.1. The molecular formula is C14H21N3O2. The van der Waals surface area contributed by atoms with Gasteiger partial charge in [-0.25, -0.2) is 0 Å². The monoisotopic (exact) mass is 263 g/mol. The number of carbonyl (C=O) groups is 2. The average Bonchev–Trinajstić information content (AvgIpc) is 2.41. The summed E-state index contributed by atoms with van der Waals surface area (Å²) < 4.78 is 0. The van der Waals surface area contributed by atoms with Gasteiger partial charge in [-0.1, -0.05) is 19.1 Å². The molecule has 0 spiro atoms. The number of para-hydroxylation sites is 1. The Bertz CT molecular complexity index is 446. The highest BCUT2D eigenvalue weighted by Crippen LogP contribution is 2.17. The normalized spacial score (nSPS) is 10.0. The van der Waals surface area contributed by atoms with Gasteiger partial charge in [-0.15, -0.1) is 0 Å². The van der Waals surface area contributed by atoms with Crippen molar-refractivity contribution >= 4 is 17.5 Å². The van der Waals surface area contributed by atoms with Gasteiger partial charge >= 0.3 is 0 Å². The number of rotatable bonds is 7. The lowest BCUT2D eigenvalue weighted by Crippen LogP contribution is -2.38. The number of hydrogen-bond donors (Lipinski definition) is 2. The van der Waals surface area contributed by atoms with Gasteiger partial charge in [0.2, 0.25) is 5.91 Å². The van der Waals surface area contributed by atoms with E-state index in [1.165, 1.54) is 4.90 Å². The summed E-state index contributed by atoms with van der Waals surface area (Å²) >= 11 is 0. The summed E-state index contributed by atoms with van der Waals surface area (Å²) in [5, 5.41) is 3.21. The largest absolute Gasteiger partial charge is 0.384 e. The summed E-state index contributed by atoms with van der Waals surface area (Å²) in [6.07, 6.45) is 0.974. The van der Waals surface area contributed by atoms with Crippen molar-refractivity contribution in [2.45, 2.75) is 20.3 Å². The first-order chi connectivity index (χ1) is 9.10. The summed E-state index contributed by atoms with van der Waals surface area (Å²) in [7, 11) is 0. The number of benzene rings is 1. The molecular weight excluding hydrogens is 242 g/mol. The van der Waals surface area contributed by atoms with Gasteiger partial charge in [-0.3, -0.25) is 9.59 Å². The van der Waals surface area contributed by atoms with Gasteiger partial charge in [0.05, 0.1) is 12.1 Å². The molecule has 3 N–H and O–H groups in total. The molecule has 0 fully saturated rings. The molecule has 0 radical (unpaired) electrons. The third-order valence-corrected chi connectivity index (χ3v) is 2.74. The molecule has 5 nitrogen and oxygen atoms in total. The SMILES string of the molecule is CCCNc1ccccc1C(=O)N(CC)CC(N)=O. The number of nitrogens with one attached hydrogen (secondary N) is 1. The van der Waals surface area contributed by atoms with E-state index in [0.717, 1.165) is 18.7 Å². The van der Waals surface area contributed by atoms with Gasteiger partial charge in [0.1, 0.15) is 0 Å². The average molecular weight is 263 g/mol. The van der Waals surface area contributed by atoms with Crippen molar-refractivity contribution in [3.05, 3.63) is 29.8 Å². The summed E-state index contributed by atoms with van der Waals surface area (Å²) in [4.78, 5) is 24.8. The molecule has 1 aromatic carbocycles. The molecule has 0 aromatic heterocycles. The predicted octanol–water partition coefficient (Wildman–Crippen LogP) is 1.46. The van der Waals surface area contributed by atoms with E-state index in [2.05, 4.69) is 12.2 Å². The predicted molar refractivity (Wildman–Crippen MR) is 76.0 cm³/mol. The van der Waals surface area contributed by atoms with Crippen molar-refractivity contribution < 1.29 is 9.59 Å². The Morgan fingerprint density at radius 1 is 1.26 bits per heavy atom. The van der Waals surface area contributed by atoms with Gasteiger partial charge < -0.3 is 16.0 Å². The molecule has 0 atom stereocenters. The zero-order chi connectivity index (χ0) is 14.3. The third kappa shape index (κ3) is 4.28. The quantitative estimate of drug-likeness (QED) is 0.782. The van der Waals surface area contributed by atoms with Crippen molar-refractivity contribution in [2.75, 3.05) is 25.0 Å². The maximum atomic E-state index is 12.4. The fourth-order valence-electron chi connectivity index (χ4n) is 1.77. The molecule has 104 valence electrons. The zero-order valence-electron chi connectivity index (χ0n) is 11.5. The van der Waals surface area contributed by atoms with Gasteiger partial charge in [0.15, 0.2) is 0 Å². The summed E-state index contributed by atoms with van der Waals surface area (Å²) in [5.74, 6) is -0.685. The van der Waals surface area contributed by atoms with Crippen molar-refractivity contribution in [3.63, 3.8) is 0 Å². The Morgan fingerprint density at radius 2 is 1.95 bits per heavy atom. The van der Waals surface area contributed by atoms with E-state index in [4.69, 9.17) is 5.73 Å². The lowest BCUT2D eigenvalue weighted by molar-refractivity contribution is -0.118. The van der Waals surface area contributed by atoms with Crippen LogP contribution in [0.4, 0.5) is 5.69 Å². The molecule has 0 unspecified atom stereocenters. The summed E-state index contributed by atoms with van der Waals surface area (Å²) in [6.45, 7) is 5.07. The fraction of sp³-hybridized carbons (Fsp3) is 0.429. The second-order valence-electron chi connectivity index (χ2n) is 4.26. The van der Waals surface area contributed by atoms with Crippen LogP contribution >= 0.6 is 0 Å². The number of anilines is 1. The van der Waals surface area contributed by atoms with Crippen LogP contribution in [0.2, 0.25) is 0 Å². The van der Waals surface area contributed by atoms with Crippen LogP contribution in [0.15, 0.2) is 24.3 Å². The third-order valence-electron chi connectivity index (χ3n) is 2.74. The Kier molecular flexibility index (Phi) is 5.85. The topological polar surface area (TPSA) is 75.4 Å². The van der Waals surface area contributed by atoms with Crippen LogP contribution in [-0.2, 0) is 4.79 Å². The number of carbonyl (C=O) groups excluding carboxylic acids is 2. The molecule has 0 aliphatic carbocycles. The number of primary amides is 1. The zero-order valence-corrected chi connectivity index (χ0v) is 11.5. The van der Waals surface area contributed by atoms with Gasteiger partial charge in [0.25, 0.3) is 5.91 Å². The maximum absolute atomic E-state index is 12.4. The standard InChI is InChI=1S/C14H21N3O2/c1-3-9-16-12-8-6-5-7-11(12)14(19)17(4-2)10-13(15)18/h5-8,16H,3-4,9-10H2,1-2H3,(H2,15,18).